The molecule has 0 saturated heterocycles. The number of benzene rings is 1. The number of ether oxygens (including phenoxy) is 1. The Kier molecular flexibility index (Phi) is 5.99. The minimum atomic E-state index is -0.183. The van der Waals surface area contributed by atoms with Crippen LogP contribution < -0.4 is 4.74 Å². The number of methoxy groups -OCH3 is 1. The molecular weight excluding hydrogens is 191 g/mol. The zero-order valence-electron chi connectivity index (χ0n) is 10.5. The largest absolute Gasteiger partial charge is 0.496 e. The van der Waals surface area contributed by atoms with Crippen molar-refractivity contribution >= 4 is 0 Å². The first kappa shape index (κ1) is 13.9. The molecule has 0 fully saturated rings. The predicted molar refractivity (Wildman–Crippen MR) is 63.1 cm³/mol. The summed E-state index contributed by atoms with van der Waals surface area (Å²) >= 11 is 0. The smallest absolute Gasteiger partial charge is 0.130 e. The van der Waals surface area contributed by atoms with Crippen LogP contribution in [0.3, 0.4) is 0 Å². The summed E-state index contributed by atoms with van der Waals surface area (Å²) < 4.78 is 18.4. The van der Waals surface area contributed by atoms with Crippen LogP contribution in [0.2, 0.25) is 0 Å². The van der Waals surface area contributed by atoms with E-state index in [4.69, 9.17) is 4.74 Å². The van der Waals surface area contributed by atoms with Crippen LogP contribution >= 0.6 is 0 Å². The van der Waals surface area contributed by atoms with E-state index in [9.17, 15) is 4.39 Å². The summed E-state index contributed by atoms with van der Waals surface area (Å²) in [5, 5.41) is 0. The van der Waals surface area contributed by atoms with E-state index in [1.807, 2.05) is 40.7 Å². The van der Waals surface area contributed by atoms with E-state index in [-0.39, 0.29) is 11.7 Å². The van der Waals surface area contributed by atoms with Gasteiger partial charge in [0.1, 0.15) is 11.6 Å². The minimum Gasteiger partial charge on any atom is -0.496 e. The van der Waals surface area contributed by atoms with Crippen molar-refractivity contribution in [3.63, 3.8) is 0 Å². The number of halogens is 1. The van der Waals surface area contributed by atoms with Crippen LogP contribution in [0, 0.1) is 12.7 Å². The van der Waals surface area contributed by atoms with E-state index in [2.05, 4.69) is 0 Å². The Labute approximate surface area is 92.3 Å². The van der Waals surface area contributed by atoms with Crippen LogP contribution in [-0.2, 0) is 0 Å². The van der Waals surface area contributed by atoms with Gasteiger partial charge in [-0.1, -0.05) is 27.7 Å². The molecule has 1 aromatic rings. The van der Waals surface area contributed by atoms with Crippen molar-refractivity contribution in [2.24, 2.45) is 0 Å². The van der Waals surface area contributed by atoms with Gasteiger partial charge in [0.05, 0.1) is 7.11 Å². The molecule has 0 bridgehead atoms. The van der Waals surface area contributed by atoms with E-state index < -0.39 is 0 Å². The number of rotatable bonds is 2. The molecule has 86 valence electrons. The highest BCUT2D eigenvalue weighted by atomic mass is 19.1. The van der Waals surface area contributed by atoms with Gasteiger partial charge in [0, 0.05) is 6.07 Å². The second-order valence-corrected chi connectivity index (χ2v) is 3.50. The van der Waals surface area contributed by atoms with Crippen molar-refractivity contribution in [2.75, 3.05) is 7.11 Å². The van der Waals surface area contributed by atoms with E-state index in [0.717, 1.165) is 11.1 Å². The van der Waals surface area contributed by atoms with Gasteiger partial charge in [0.2, 0.25) is 0 Å². The third-order valence-corrected chi connectivity index (χ3v) is 2.14. The SMILES string of the molecule is CC.COc1cc(F)c(C(C)C)cc1C. The summed E-state index contributed by atoms with van der Waals surface area (Å²) in [6.45, 7) is 9.87. The van der Waals surface area contributed by atoms with Gasteiger partial charge in [-0.05, 0) is 30.0 Å². The molecule has 0 radical (unpaired) electrons. The summed E-state index contributed by atoms with van der Waals surface area (Å²) in [4.78, 5) is 0. The average molecular weight is 212 g/mol. The van der Waals surface area contributed by atoms with E-state index in [1.165, 1.54) is 6.07 Å². The standard InChI is InChI=1S/C11H15FO.C2H6/c1-7(2)9-5-8(3)11(13-4)6-10(9)12;1-2/h5-7H,1-4H3;1-2H3. The van der Waals surface area contributed by atoms with Crippen LogP contribution in [0.15, 0.2) is 12.1 Å². The Morgan fingerprint density at radius 2 is 1.73 bits per heavy atom. The van der Waals surface area contributed by atoms with Gasteiger partial charge in [0.15, 0.2) is 0 Å². The maximum atomic E-state index is 13.4. The third kappa shape index (κ3) is 3.54. The lowest BCUT2D eigenvalue weighted by atomic mass is 10.00. The second-order valence-electron chi connectivity index (χ2n) is 3.50. The molecule has 0 spiro atoms. The molecule has 0 aliphatic rings. The van der Waals surface area contributed by atoms with Gasteiger partial charge in [-0.25, -0.2) is 4.39 Å². The molecule has 0 N–H and O–H groups in total. The maximum absolute atomic E-state index is 13.4. The number of hydrogen-bond acceptors (Lipinski definition) is 1. The van der Waals surface area contributed by atoms with Crippen molar-refractivity contribution in [2.45, 2.75) is 40.5 Å². The Morgan fingerprint density at radius 1 is 1.20 bits per heavy atom. The highest BCUT2D eigenvalue weighted by molar-refractivity contribution is 5.38. The van der Waals surface area contributed by atoms with Gasteiger partial charge in [-0.2, -0.15) is 0 Å². The van der Waals surface area contributed by atoms with E-state index in [1.54, 1.807) is 7.11 Å². The quantitative estimate of drug-likeness (QED) is 0.710. The predicted octanol–water partition coefficient (Wildman–Crippen LogP) is 4.29. The molecule has 0 aromatic heterocycles. The molecule has 0 atom stereocenters. The molecule has 0 heterocycles. The highest BCUT2D eigenvalue weighted by Crippen LogP contribution is 2.26. The third-order valence-electron chi connectivity index (χ3n) is 2.14. The molecule has 1 rings (SSSR count). The fourth-order valence-electron chi connectivity index (χ4n) is 1.35. The van der Waals surface area contributed by atoms with Gasteiger partial charge in [0.25, 0.3) is 0 Å². The van der Waals surface area contributed by atoms with E-state index >= 15 is 0 Å². The Hall–Kier alpha value is -1.05. The lowest BCUT2D eigenvalue weighted by Gasteiger charge is -2.11. The van der Waals surface area contributed by atoms with Crippen molar-refractivity contribution in [1.82, 2.24) is 0 Å². The molecule has 1 aromatic carbocycles. The molecule has 15 heavy (non-hydrogen) atoms. The monoisotopic (exact) mass is 212 g/mol. The van der Waals surface area contributed by atoms with Gasteiger partial charge in [-0.15, -0.1) is 0 Å². The molecule has 0 unspecified atom stereocenters. The normalized spacial score (nSPS) is 9.60. The zero-order chi connectivity index (χ0) is 12.0. The minimum absolute atomic E-state index is 0.183. The highest BCUT2D eigenvalue weighted by Gasteiger charge is 2.09. The molecule has 2 heteroatoms. The van der Waals surface area contributed by atoms with Gasteiger partial charge in [-0.3, -0.25) is 0 Å². The summed E-state index contributed by atoms with van der Waals surface area (Å²) in [5.41, 5.74) is 1.73. The Morgan fingerprint density at radius 3 is 2.13 bits per heavy atom. The summed E-state index contributed by atoms with van der Waals surface area (Å²) in [5.74, 6) is 0.643. The molecule has 1 nitrogen and oxygen atoms in total. The Balaban J connectivity index is 0.000000921. The summed E-state index contributed by atoms with van der Waals surface area (Å²) in [6.07, 6.45) is 0. The van der Waals surface area contributed by atoms with Crippen molar-refractivity contribution < 1.29 is 9.13 Å². The van der Waals surface area contributed by atoms with Gasteiger partial charge >= 0.3 is 0 Å². The van der Waals surface area contributed by atoms with Crippen LogP contribution in [0.1, 0.15) is 44.7 Å². The molecule has 0 aliphatic heterocycles. The lowest BCUT2D eigenvalue weighted by molar-refractivity contribution is 0.407. The second kappa shape index (κ2) is 6.44. The van der Waals surface area contributed by atoms with Crippen LogP contribution in [-0.4, -0.2) is 7.11 Å². The van der Waals surface area contributed by atoms with E-state index in [0.29, 0.717) is 5.75 Å². The first-order chi connectivity index (χ1) is 7.06. The summed E-state index contributed by atoms with van der Waals surface area (Å²) in [6, 6.07) is 3.30. The Bertz CT molecular complexity index is 306. The first-order valence-corrected chi connectivity index (χ1v) is 5.40. The van der Waals surface area contributed by atoms with Crippen LogP contribution in [0.25, 0.3) is 0 Å². The fraction of sp³-hybridized carbons (Fsp3) is 0.538. The molecular formula is C13H21FO. The molecule has 0 aliphatic carbocycles. The zero-order valence-corrected chi connectivity index (χ0v) is 10.5. The van der Waals surface area contributed by atoms with Gasteiger partial charge < -0.3 is 4.74 Å². The lowest BCUT2D eigenvalue weighted by Crippen LogP contribution is -1.96. The van der Waals surface area contributed by atoms with Crippen molar-refractivity contribution in [3.05, 3.63) is 29.1 Å². The van der Waals surface area contributed by atoms with Crippen LogP contribution in [0.5, 0.6) is 5.75 Å². The van der Waals surface area contributed by atoms with Crippen molar-refractivity contribution in [1.29, 1.82) is 0 Å². The molecule has 0 amide bonds. The number of aryl methyl sites for hydroxylation is 1. The number of hydrogen-bond donors (Lipinski definition) is 0. The average Bonchev–Trinajstić information content (AvgIpc) is 2.23. The topological polar surface area (TPSA) is 9.23 Å². The first-order valence-electron chi connectivity index (χ1n) is 5.40. The molecule has 0 saturated carbocycles. The van der Waals surface area contributed by atoms with Crippen molar-refractivity contribution in [3.8, 4) is 5.75 Å². The van der Waals surface area contributed by atoms with Crippen LogP contribution in [0.4, 0.5) is 4.39 Å². The summed E-state index contributed by atoms with van der Waals surface area (Å²) in [7, 11) is 1.55. The fourth-order valence-corrected chi connectivity index (χ4v) is 1.35. The maximum Gasteiger partial charge on any atom is 0.130 e.